The Morgan fingerprint density at radius 3 is 2.71 bits per heavy atom. The molecule has 1 saturated carbocycles. The van der Waals surface area contributed by atoms with Gasteiger partial charge in [-0.25, -0.2) is 18.9 Å². The van der Waals surface area contributed by atoms with E-state index in [9.17, 15) is 13.8 Å². The fraction of sp³-hybridized carbons (Fsp3) is 0.400. The second kappa shape index (κ2) is 10.4. The Morgan fingerprint density at radius 2 is 2.05 bits per heavy atom. The first-order valence-corrected chi connectivity index (χ1v) is 14.7. The van der Waals surface area contributed by atoms with Crippen molar-refractivity contribution in [3.63, 3.8) is 0 Å². The van der Waals surface area contributed by atoms with E-state index in [2.05, 4.69) is 35.1 Å². The molecule has 2 aliphatic rings. The number of carbonyl (C=O) groups is 1. The minimum atomic E-state index is -4.77. The molecule has 4 heterocycles. The van der Waals surface area contributed by atoms with E-state index in [-0.39, 0.29) is 17.5 Å². The number of nitrogens with zero attached hydrogens (tertiary/aromatic N) is 5. The van der Waals surface area contributed by atoms with Gasteiger partial charge in [0.25, 0.3) is 0 Å². The average Bonchev–Trinajstić information content (AvgIpc) is 3.50. The Labute approximate surface area is 238 Å². The van der Waals surface area contributed by atoms with E-state index >= 15 is 0 Å². The van der Waals surface area contributed by atoms with E-state index < -0.39 is 32.2 Å². The van der Waals surface area contributed by atoms with Gasteiger partial charge in [-0.15, -0.1) is 0 Å². The molecule has 1 amide bonds. The van der Waals surface area contributed by atoms with Gasteiger partial charge in [-0.05, 0) is 31.9 Å². The van der Waals surface area contributed by atoms with Gasteiger partial charge in [-0.3, -0.25) is 9.32 Å². The number of anilines is 2. The number of ether oxygens (including phenoxy) is 1. The third-order valence-corrected chi connectivity index (χ3v) is 8.12. The second-order valence-electron chi connectivity index (χ2n) is 10.6. The van der Waals surface area contributed by atoms with Gasteiger partial charge in [-0.2, -0.15) is 9.97 Å². The fourth-order valence-corrected chi connectivity index (χ4v) is 5.72. The first kappa shape index (κ1) is 28.2. The van der Waals surface area contributed by atoms with Crippen LogP contribution in [-0.4, -0.2) is 79.4 Å². The van der Waals surface area contributed by atoms with E-state index in [0.717, 1.165) is 12.8 Å². The molecule has 15 nitrogen and oxygen atoms in total. The van der Waals surface area contributed by atoms with Crippen molar-refractivity contribution < 1.29 is 32.8 Å². The van der Waals surface area contributed by atoms with Gasteiger partial charge in [0.15, 0.2) is 5.75 Å². The van der Waals surface area contributed by atoms with Crippen molar-refractivity contribution in [3.8, 4) is 11.8 Å². The van der Waals surface area contributed by atoms with Gasteiger partial charge in [0.1, 0.15) is 29.1 Å². The standard InChI is InChI=1S/C25H29FN9O6P/c1-12-29-7-14(8-30-12)41-24-33-21-19(15-5-13(26)6-17(28-2)20(15)32-21)22(34-24)35-9-18(25(11-35)3-4-25)31-23(36)16(27)10-40-42(37,38)39/h5-8,16,18,28H,3-4,9-11,27H2,1-2H3,(H,31,36)(H,32,33,34)(H2,37,38,39)/t16-,18-/m0/s1. The van der Waals surface area contributed by atoms with Crippen LogP contribution in [0.1, 0.15) is 18.7 Å². The third-order valence-electron chi connectivity index (χ3n) is 7.64. The summed E-state index contributed by atoms with van der Waals surface area (Å²) in [5.41, 5.74) is 7.19. The number of nitrogens with one attached hydrogen (secondary N) is 3. The summed E-state index contributed by atoms with van der Waals surface area (Å²) in [6, 6.07) is 1.21. The molecule has 2 atom stereocenters. The number of hydrogen-bond acceptors (Lipinski definition) is 11. The molecule has 1 spiro atoms. The molecule has 2 fully saturated rings. The lowest BCUT2D eigenvalue weighted by atomic mass is 10.0. The number of fused-ring (bicyclic) bond motifs is 3. The number of phosphoric acid groups is 1. The molecule has 0 bridgehead atoms. The summed E-state index contributed by atoms with van der Waals surface area (Å²) in [7, 11) is -3.08. The summed E-state index contributed by atoms with van der Waals surface area (Å²) in [4.78, 5) is 53.6. The number of halogens is 1. The summed E-state index contributed by atoms with van der Waals surface area (Å²) in [5.74, 6) is 0.363. The summed E-state index contributed by atoms with van der Waals surface area (Å²) < 4.78 is 36.0. The third kappa shape index (κ3) is 5.46. The topological polar surface area (TPSA) is 214 Å². The Morgan fingerprint density at radius 1 is 1.31 bits per heavy atom. The average molecular weight is 602 g/mol. The van der Waals surface area contributed by atoms with Crippen LogP contribution in [0, 0.1) is 18.2 Å². The van der Waals surface area contributed by atoms with E-state index in [1.807, 2.05) is 4.90 Å². The van der Waals surface area contributed by atoms with Crippen molar-refractivity contribution in [2.45, 2.75) is 31.8 Å². The minimum Gasteiger partial charge on any atom is -0.421 e. The van der Waals surface area contributed by atoms with Crippen molar-refractivity contribution in [1.29, 1.82) is 0 Å². The SMILES string of the molecule is CNc1cc(F)cc2c1[nH]c1nc(Oc3cnc(C)nc3)nc(N3C[C@H](NC(=O)[C@@H](N)COP(=O)(O)O)C4(CC4)C3)c12. The number of phosphoric ester groups is 1. The molecular formula is C25H29FN9O6P. The normalized spacial score (nSPS) is 18.5. The Bertz CT molecular complexity index is 1730. The highest BCUT2D eigenvalue weighted by molar-refractivity contribution is 7.46. The molecule has 1 aromatic carbocycles. The highest BCUT2D eigenvalue weighted by Gasteiger charge is 2.56. The van der Waals surface area contributed by atoms with Crippen LogP contribution in [0.5, 0.6) is 11.8 Å². The Balaban J connectivity index is 1.36. The van der Waals surface area contributed by atoms with E-state index in [1.54, 1.807) is 14.0 Å². The molecular weight excluding hydrogens is 572 g/mol. The molecule has 1 aliphatic carbocycles. The molecule has 3 aromatic heterocycles. The van der Waals surface area contributed by atoms with Gasteiger partial charge >= 0.3 is 13.8 Å². The number of aryl methyl sites for hydroxylation is 1. The number of carbonyl (C=O) groups excluding carboxylic acids is 1. The number of nitrogens with two attached hydrogens (primary N) is 1. The molecule has 1 aliphatic heterocycles. The maximum atomic E-state index is 14.7. The predicted molar refractivity (Wildman–Crippen MR) is 150 cm³/mol. The van der Waals surface area contributed by atoms with Gasteiger partial charge in [0, 0.05) is 30.9 Å². The number of H-pyrrole nitrogens is 1. The summed E-state index contributed by atoms with van der Waals surface area (Å²) in [6.45, 7) is 2.00. The largest absolute Gasteiger partial charge is 0.469 e. The van der Waals surface area contributed by atoms with Crippen molar-refractivity contribution in [3.05, 3.63) is 36.2 Å². The predicted octanol–water partition coefficient (Wildman–Crippen LogP) is 1.70. The quantitative estimate of drug-likeness (QED) is 0.151. The molecule has 1 saturated heterocycles. The van der Waals surface area contributed by atoms with E-state index in [4.69, 9.17) is 25.2 Å². The molecule has 7 N–H and O–H groups in total. The monoisotopic (exact) mass is 601 g/mol. The molecule has 0 radical (unpaired) electrons. The van der Waals surface area contributed by atoms with Crippen LogP contribution >= 0.6 is 7.82 Å². The highest BCUT2D eigenvalue weighted by Crippen LogP contribution is 2.54. The van der Waals surface area contributed by atoms with Crippen LogP contribution in [0.15, 0.2) is 24.5 Å². The van der Waals surface area contributed by atoms with Crippen LogP contribution in [0.4, 0.5) is 15.9 Å². The lowest BCUT2D eigenvalue weighted by Gasteiger charge is -2.21. The second-order valence-corrected chi connectivity index (χ2v) is 11.8. The molecule has 42 heavy (non-hydrogen) atoms. The number of hydrogen-bond donors (Lipinski definition) is 6. The molecule has 6 rings (SSSR count). The fourth-order valence-electron chi connectivity index (χ4n) is 5.36. The van der Waals surface area contributed by atoms with Crippen molar-refractivity contribution in [2.75, 3.05) is 37.0 Å². The summed E-state index contributed by atoms with van der Waals surface area (Å²) in [5, 5.41) is 7.09. The molecule has 4 aromatic rings. The van der Waals surface area contributed by atoms with Crippen LogP contribution in [0.3, 0.4) is 0 Å². The number of benzene rings is 1. The summed E-state index contributed by atoms with van der Waals surface area (Å²) in [6.07, 6.45) is 4.70. The van der Waals surface area contributed by atoms with Gasteiger partial charge < -0.3 is 40.8 Å². The maximum Gasteiger partial charge on any atom is 0.469 e. The van der Waals surface area contributed by atoms with Crippen LogP contribution in [-0.2, 0) is 13.9 Å². The van der Waals surface area contributed by atoms with Crippen LogP contribution in [0.2, 0.25) is 0 Å². The molecule has 0 unspecified atom stereocenters. The van der Waals surface area contributed by atoms with Gasteiger partial charge in [-0.1, -0.05) is 0 Å². The summed E-state index contributed by atoms with van der Waals surface area (Å²) >= 11 is 0. The number of aromatic amines is 1. The zero-order valence-electron chi connectivity index (χ0n) is 22.7. The van der Waals surface area contributed by atoms with Gasteiger partial charge in [0.05, 0.1) is 41.6 Å². The van der Waals surface area contributed by atoms with Gasteiger partial charge in [0.2, 0.25) is 5.91 Å². The Kier molecular flexibility index (Phi) is 6.98. The molecule has 222 valence electrons. The van der Waals surface area contributed by atoms with E-state index in [0.29, 0.717) is 58.1 Å². The first-order chi connectivity index (χ1) is 19.9. The van der Waals surface area contributed by atoms with Crippen molar-refractivity contribution >= 4 is 47.2 Å². The minimum absolute atomic E-state index is 0.0249. The number of rotatable bonds is 9. The van der Waals surface area contributed by atoms with Crippen LogP contribution in [0.25, 0.3) is 21.9 Å². The van der Waals surface area contributed by atoms with Crippen molar-refractivity contribution in [1.82, 2.24) is 30.2 Å². The molecule has 17 heteroatoms. The lowest BCUT2D eigenvalue weighted by Crippen LogP contribution is -2.50. The number of aromatic nitrogens is 5. The van der Waals surface area contributed by atoms with Crippen LogP contribution < -0.4 is 26.0 Å². The van der Waals surface area contributed by atoms with E-state index in [1.165, 1.54) is 24.5 Å². The van der Waals surface area contributed by atoms with Crippen molar-refractivity contribution in [2.24, 2.45) is 11.1 Å². The zero-order chi connectivity index (χ0) is 29.8. The smallest absolute Gasteiger partial charge is 0.421 e. The first-order valence-electron chi connectivity index (χ1n) is 13.1. The number of amides is 1. The zero-order valence-corrected chi connectivity index (χ0v) is 23.6. The maximum absolute atomic E-state index is 14.7. The lowest BCUT2D eigenvalue weighted by molar-refractivity contribution is -0.124. The highest BCUT2D eigenvalue weighted by atomic mass is 31.2. The Hall–Kier alpha value is -3.95.